The minimum atomic E-state index is 0.895. The summed E-state index contributed by atoms with van der Waals surface area (Å²) < 4.78 is 0. The molecule has 0 radical (unpaired) electrons. The molecule has 5 rings (SSSR count). The van der Waals surface area contributed by atoms with Gasteiger partial charge in [0.15, 0.2) is 0 Å². The van der Waals surface area contributed by atoms with Gasteiger partial charge in [-0.1, -0.05) is 103 Å². The fourth-order valence-corrected chi connectivity index (χ4v) is 4.33. The van der Waals surface area contributed by atoms with Crippen molar-refractivity contribution in [1.29, 1.82) is 0 Å². The number of nitrogens with zero attached hydrogens (tertiary/aromatic N) is 1. The fraction of sp³-hybridized carbons (Fsp3) is 0.0909. The van der Waals surface area contributed by atoms with Gasteiger partial charge in [-0.05, 0) is 77.7 Å². The van der Waals surface area contributed by atoms with E-state index in [1.165, 1.54) is 38.7 Å². The molecule has 0 fully saturated rings. The van der Waals surface area contributed by atoms with Gasteiger partial charge in [-0.2, -0.15) is 0 Å². The van der Waals surface area contributed by atoms with E-state index in [0.717, 1.165) is 23.0 Å². The molecule has 0 aromatic heterocycles. The zero-order valence-electron chi connectivity index (χ0n) is 19.8. The highest BCUT2D eigenvalue weighted by molar-refractivity contribution is 5.76. The number of hydrogen-bond acceptors (Lipinski definition) is 1. The summed E-state index contributed by atoms with van der Waals surface area (Å²) in [6.45, 7) is 8.25. The van der Waals surface area contributed by atoms with Crippen molar-refractivity contribution >= 4 is 23.5 Å². The molecule has 34 heavy (non-hydrogen) atoms. The Kier molecular flexibility index (Phi) is 6.01. The maximum Gasteiger partial charge on any atom is 0.0461 e. The van der Waals surface area contributed by atoms with Crippen molar-refractivity contribution in [3.8, 4) is 11.1 Å². The Labute approximate surface area is 202 Å². The predicted octanol–water partition coefficient (Wildman–Crippen LogP) is 7.21. The Hall–Kier alpha value is -4.10. The minimum Gasteiger partial charge on any atom is -0.311 e. The van der Waals surface area contributed by atoms with Crippen LogP contribution < -0.4 is 15.3 Å². The first-order valence-corrected chi connectivity index (χ1v) is 11.8. The van der Waals surface area contributed by atoms with Crippen LogP contribution in [0.15, 0.2) is 121 Å². The van der Waals surface area contributed by atoms with Gasteiger partial charge in [0.2, 0.25) is 0 Å². The summed E-state index contributed by atoms with van der Waals surface area (Å²) in [6.07, 6.45) is 7.69. The molecule has 0 spiro atoms. The van der Waals surface area contributed by atoms with Crippen LogP contribution in [0.5, 0.6) is 0 Å². The lowest BCUT2D eigenvalue weighted by molar-refractivity contribution is 1.16. The SMILES string of the molecule is C=c1ccc(=C2C=CC(N(c3ccc(C)cc3)c3ccc(-c4ccc(C)cc4)cc3)=CC2)cc1. The van der Waals surface area contributed by atoms with Gasteiger partial charge in [0, 0.05) is 17.1 Å². The molecular formula is C33H29N. The molecule has 166 valence electrons. The van der Waals surface area contributed by atoms with Crippen LogP contribution in [-0.2, 0) is 0 Å². The van der Waals surface area contributed by atoms with Crippen LogP contribution in [0.4, 0.5) is 11.4 Å². The molecule has 4 aromatic carbocycles. The molecule has 1 heteroatoms. The average Bonchev–Trinajstić information content (AvgIpc) is 2.87. The van der Waals surface area contributed by atoms with Crippen molar-refractivity contribution in [2.45, 2.75) is 20.3 Å². The van der Waals surface area contributed by atoms with E-state index in [1.807, 2.05) is 0 Å². The number of hydrogen-bond donors (Lipinski definition) is 0. The van der Waals surface area contributed by atoms with E-state index in [9.17, 15) is 0 Å². The highest BCUT2D eigenvalue weighted by atomic mass is 15.1. The van der Waals surface area contributed by atoms with E-state index < -0.39 is 0 Å². The summed E-state index contributed by atoms with van der Waals surface area (Å²) >= 11 is 0. The van der Waals surface area contributed by atoms with E-state index in [-0.39, 0.29) is 0 Å². The second-order valence-electron chi connectivity index (χ2n) is 8.97. The Morgan fingerprint density at radius 2 is 1.09 bits per heavy atom. The molecule has 0 atom stereocenters. The zero-order chi connectivity index (χ0) is 23.5. The number of anilines is 2. The van der Waals surface area contributed by atoms with Gasteiger partial charge in [0.1, 0.15) is 0 Å². The smallest absolute Gasteiger partial charge is 0.0461 e. The molecular weight excluding hydrogens is 410 g/mol. The molecule has 0 heterocycles. The first-order chi connectivity index (χ1) is 16.6. The first-order valence-electron chi connectivity index (χ1n) is 11.8. The molecule has 1 aliphatic carbocycles. The van der Waals surface area contributed by atoms with Crippen LogP contribution in [-0.4, -0.2) is 0 Å². The van der Waals surface area contributed by atoms with Crippen LogP contribution in [0, 0.1) is 13.8 Å². The van der Waals surface area contributed by atoms with Crippen LogP contribution >= 0.6 is 0 Å². The molecule has 0 saturated heterocycles. The number of rotatable bonds is 4. The number of benzene rings is 4. The largest absolute Gasteiger partial charge is 0.311 e. The highest BCUT2D eigenvalue weighted by Gasteiger charge is 2.15. The van der Waals surface area contributed by atoms with E-state index in [2.05, 4.69) is 141 Å². The lowest BCUT2D eigenvalue weighted by atomic mass is 10.0. The van der Waals surface area contributed by atoms with Crippen LogP contribution in [0.25, 0.3) is 23.3 Å². The molecule has 0 aliphatic heterocycles. The summed E-state index contributed by atoms with van der Waals surface area (Å²) in [5.74, 6) is 0. The second kappa shape index (κ2) is 9.41. The lowest BCUT2D eigenvalue weighted by Crippen LogP contribution is -2.17. The monoisotopic (exact) mass is 439 g/mol. The van der Waals surface area contributed by atoms with Crippen LogP contribution in [0.3, 0.4) is 0 Å². The summed E-state index contributed by atoms with van der Waals surface area (Å²) in [4.78, 5) is 2.34. The van der Waals surface area contributed by atoms with Crippen molar-refractivity contribution in [1.82, 2.24) is 0 Å². The summed E-state index contributed by atoms with van der Waals surface area (Å²) in [5.41, 5.74) is 9.83. The molecule has 1 aliphatic rings. The van der Waals surface area contributed by atoms with Gasteiger partial charge >= 0.3 is 0 Å². The van der Waals surface area contributed by atoms with Crippen molar-refractivity contribution in [2.75, 3.05) is 4.90 Å². The zero-order valence-corrected chi connectivity index (χ0v) is 19.8. The third kappa shape index (κ3) is 4.65. The molecule has 0 saturated carbocycles. The van der Waals surface area contributed by atoms with Crippen molar-refractivity contribution in [3.05, 3.63) is 143 Å². The second-order valence-corrected chi connectivity index (χ2v) is 8.97. The van der Waals surface area contributed by atoms with Gasteiger partial charge in [-0.15, -0.1) is 0 Å². The Bertz CT molecular complexity index is 1450. The van der Waals surface area contributed by atoms with E-state index in [4.69, 9.17) is 0 Å². The van der Waals surface area contributed by atoms with Crippen LogP contribution in [0.2, 0.25) is 0 Å². The Morgan fingerprint density at radius 1 is 0.588 bits per heavy atom. The average molecular weight is 440 g/mol. The molecule has 0 unspecified atom stereocenters. The number of allylic oxidation sites excluding steroid dienone is 3. The van der Waals surface area contributed by atoms with Crippen molar-refractivity contribution in [3.63, 3.8) is 0 Å². The van der Waals surface area contributed by atoms with E-state index in [1.54, 1.807) is 0 Å². The lowest BCUT2D eigenvalue weighted by Gasteiger charge is -2.28. The third-order valence-corrected chi connectivity index (χ3v) is 6.37. The first kappa shape index (κ1) is 21.7. The third-order valence-electron chi connectivity index (χ3n) is 6.37. The Morgan fingerprint density at radius 3 is 1.62 bits per heavy atom. The number of aryl methyl sites for hydroxylation is 2. The fourth-order valence-electron chi connectivity index (χ4n) is 4.33. The van der Waals surface area contributed by atoms with Gasteiger partial charge in [-0.25, -0.2) is 0 Å². The van der Waals surface area contributed by atoms with E-state index in [0.29, 0.717) is 0 Å². The summed E-state index contributed by atoms with van der Waals surface area (Å²) in [7, 11) is 0. The predicted molar refractivity (Wildman–Crippen MR) is 146 cm³/mol. The van der Waals surface area contributed by atoms with E-state index >= 15 is 0 Å². The maximum absolute atomic E-state index is 4.00. The van der Waals surface area contributed by atoms with Gasteiger partial charge in [0.25, 0.3) is 0 Å². The summed E-state index contributed by atoms with van der Waals surface area (Å²) in [6, 6.07) is 34.8. The molecule has 0 amide bonds. The quantitative estimate of drug-likeness (QED) is 0.325. The molecule has 0 N–H and O–H groups in total. The molecule has 1 nitrogen and oxygen atoms in total. The minimum absolute atomic E-state index is 0.895. The topological polar surface area (TPSA) is 3.24 Å². The van der Waals surface area contributed by atoms with Crippen molar-refractivity contribution < 1.29 is 0 Å². The summed E-state index contributed by atoms with van der Waals surface area (Å²) in [5, 5.41) is 2.29. The van der Waals surface area contributed by atoms with Gasteiger partial charge in [0.05, 0.1) is 0 Å². The normalized spacial score (nSPS) is 13.0. The standard InChI is InChI=1S/C33H29N/c1-24-4-10-27(11-5-24)29-14-20-32(21-15-29)34(31-18-8-26(3)9-19-31)33-22-16-30(17-23-33)28-12-6-25(2)7-13-28/h4-14,16-23H,1,15H2,2-3H3. The van der Waals surface area contributed by atoms with Crippen LogP contribution in [0.1, 0.15) is 17.5 Å². The Balaban J connectivity index is 1.51. The maximum atomic E-state index is 4.00. The molecule has 4 aromatic rings. The van der Waals surface area contributed by atoms with Gasteiger partial charge in [-0.3, -0.25) is 0 Å². The highest BCUT2D eigenvalue weighted by Crippen LogP contribution is 2.34. The van der Waals surface area contributed by atoms with Gasteiger partial charge < -0.3 is 4.90 Å². The van der Waals surface area contributed by atoms with Crippen molar-refractivity contribution in [2.24, 2.45) is 0 Å². The molecule has 0 bridgehead atoms.